The van der Waals surface area contributed by atoms with E-state index in [4.69, 9.17) is 0 Å². The number of allylic oxidation sites excluding steroid dienone is 1. The Balaban J connectivity index is 2.60. The first-order valence-electron chi connectivity index (χ1n) is 8.01. The number of fused-ring (bicyclic) bond motifs is 1. The monoisotopic (exact) mass is 401 g/mol. The minimum Gasteiger partial charge on any atom is -0.242 e. The molecule has 2 atom stereocenters. The van der Waals surface area contributed by atoms with Crippen molar-refractivity contribution in [1.29, 1.82) is 0 Å². The largest absolute Gasteiger partial charge is 0.416 e. The average molecular weight is 402 g/mol. The molecule has 1 heterocycles. The van der Waals surface area contributed by atoms with Gasteiger partial charge in [0.05, 0.1) is 21.3 Å². The molecule has 0 aliphatic carbocycles. The van der Waals surface area contributed by atoms with Gasteiger partial charge in [-0.15, -0.1) is 17.9 Å². The number of rotatable bonds is 6. The number of hydrogen-bond acceptors (Lipinski definition) is 2. The van der Waals surface area contributed by atoms with Gasteiger partial charge in [0.15, 0.2) is 0 Å². The van der Waals surface area contributed by atoms with Crippen LogP contribution in [0.4, 0.5) is 13.2 Å². The van der Waals surface area contributed by atoms with Gasteiger partial charge in [-0.2, -0.15) is 13.2 Å². The molecule has 1 unspecified atom stereocenters. The van der Waals surface area contributed by atoms with Crippen LogP contribution in [0.15, 0.2) is 42.8 Å². The van der Waals surface area contributed by atoms with Crippen molar-refractivity contribution in [1.82, 2.24) is 4.72 Å². The molecule has 142 valence electrons. The third kappa shape index (κ3) is 4.64. The molecule has 2 nitrogen and oxygen atoms in total. The molecular formula is C19H22F3NOS2. The average Bonchev–Trinajstić information content (AvgIpc) is 2.97. The number of halogens is 3. The fourth-order valence-corrected chi connectivity index (χ4v) is 4.09. The molecule has 0 amide bonds. The molecule has 1 aromatic heterocycles. The zero-order valence-electron chi connectivity index (χ0n) is 14.9. The first kappa shape index (κ1) is 20.9. The first-order chi connectivity index (χ1) is 11.9. The van der Waals surface area contributed by atoms with Gasteiger partial charge in [0.25, 0.3) is 0 Å². The lowest BCUT2D eigenvalue weighted by Crippen LogP contribution is -2.36. The summed E-state index contributed by atoms with van der Waals surface area (Å²) in [6.45, 7) is 12.4. The minimum atomic E-state index is -4.54. The quantitative estimate of drug-likeness (QED) is 0.578. The second kappa shape index (κ2) is 7.66. The summed E-state index contributed by atoms with van der Waals surface area (Å²) in [5, 5.41) is 2.56. The molecule has 0 saturated carbocycles. The van der Waals surface area contributed by atoms with E-state index in [0.29, 0.717) is 12.0 Å². The van der Waals surface area contributed by atoms with Crippen molar-refractivity contribution in [2.45, 2.75) is 44.2 Å². The Labute approximate surface area is 158 Å². The van der Waals surface area contributed by atoms with E-state index in [-0.39, 0.29) is 5.56 Å². The molecule has 2 rings (SSSR count). The Morgan fingerprint density at radius 2 is 2.00 bits per heavy atom. The van der Waals surface area contributed by atoms with E-state index < -0.39 is 33.5 Å². The predicted octanol–water partition coefficient (Wildman–Crippen LogP) is 6.15. The number of benzene rings is 1. The van der Waals surface area contributed by atoms with E-state index in [9.17, 15) is 17.4 Å². The van der Waals surface area contributed by atoms with Crippen molar-refractivity contribution in [3.8, 4) is 0 Å². The van der Waals surface area contributed by atoms with Gasteiger partial charge in [0.2, 0.25) is 0 Å². The summed E-state index contributed by atoms with van der Waals surface area (Å²) >= 11 is 1.45. The molecule has 0 aliphatic heterocycles. The summed E-state index contributed by atoms with van der Waals surface area (Å²) in [5.74, 6) is 0. The van der Waals surface area contributed by atoms with Gasteiger partial charge < -0.3 is 0 Å². The molecule has 0 radical (unpaired) electrons. The highest BCUT2D eigenvalue weighted by Gasteiger charge is 2.35. The van der Waals surface area contributed by atoms with Crippen molar-refractivity contribution >= 4 is 38.0 Å². The highest BCUT2D eigenvalue weighted by molar-refractivity contribution is 7.84. The minimum absolute atomic E-state index is 0.0219. The summed E-state index contributed by atoms with van der Waals surface area (Å²) < 4.78 is 55.9. The van der Waals surface area contributed by atoms with Crippen molar-refractivity contribution < 1.29 is 17.4 Å². The zero-order chi connectivity index (χ0) is 19.7. The highest BCUT2D eigenvalue weighted by Crippen LogP contribution is 2.39. The number of nitrogens with one attached hydrogen (secondary N) is 1. The molecule has 26 heavy (non-hydrogen) atoms. The zero-order valence-corrected chi connectivity index (χ0v) is 16.6. The number of thiophene rings is 1. The van der Waals surface area contributed by atoms with Crippen LogP contribution in [0.2, 0.25) is 0 Å². The Morgan fingerprint density at radius 1 is 1.35 bits per heavy atom. The molecule has 0 aliphatic rings. The predicted molar refractivity (Wildman–Crippen MR) is 106 cm³/mol. The van der Waals surface area contributed by atoms with E-state index in [1.54, 1.807) is 39.0 Å². The van der Waals surface area contributed by atoms with Crippen LogP contribution in [0.25, 0.3) is 15.7 Å². The lowest BCUT2D eigenvalue weighted by atomic mass is 9.93. The maximum atomic E-state index is 13.3. The van der Waals surface area contributed by atoms with E-state index in [1.165, 1.54) is 17.4 Å². The Hall–Kier alpha value is -1.44. The maximum Gasteiger partial charge on any atom is 0.416 e. The van der Waals surface area contributed by atoms with Crippen LogP contribution in [0, 0.1) is 0 Å². The second-order valence-corrected chi connectivity index (χ2v) is 9.90. The molecule has 0 fully saturated rings. The molecule has 2 aromatic rings. The van der Waals surface area contributed by atoms with Crippen LogP contribution in [-0.4, -0.2) is 15.1 Å². The Morgan fingerprint density at radius 3 is 2.54 bits per heavy atom. The third-order valence-electron chi connectivity index (χ3n) is 3.88. The van der Waals surface area contributed by atoms with Gasteiger partial charge in [0, 0.05) is 10.7 Å². The topological polar surface area (TPSA) is 29.1 Å². The molecule has 1 N–H and O–H groups in total. The molecule has 7 heteroatoms. The van der Waals surface area contributed by atoms with Crippen LogP contribution in [0.5, 0.6) is 0 Å². The summed E-state index contributed by atoms with van der Waals surface area (Å²) in [5.41, 5.74) is -0.452. The van der Waals surface area contributed by atoms with E-state index in [1.807, 2.05) is 5.38 Å². The summed E-state index contributed by atoms with van der Waals surface area (Å²) in [7, 11) is -1.44. The number of alkyl halides is 3. The van der Waals surface area contributed by atoms with E-state index in [2.05, 4.69) is 17.9 Å². The van der Waals surface area contributed by atoms with Gasteiger partial charge in [-0.1, -0.05) is 12.7 Å². The van der Waals surface area contributed by atoms with Crippen molar-refractivity contribution in [2.75, 3.05) is 0 Å². The van der Waals surface area contributed by atoms with E-state index >= 15 is 0 Å². The lowest BCUT2D eigenvalue weighted by molar-refractivity contribution is -0.0687. The third-order valence-corrected chi connectivity index (χ3v) is 6.37. The maximum absolute atomic E-state index is 13.3. The van der Waals surface area contributed by atoms with Gasteiger partial charge in [-0.3, -0.25) is 0 Å². The van der Waals surface area contributed by atoms with Crippen molar-refractivity contribution in [3.63, 3.8) is 0 Å². The van der Waals surface area contributed by atoms with E-state index in [0.717, 1.165) is 10.1 Å². The lowest BCUT2D eigenvalue weighted by Gasteiger charge is -2.26. The van der Waals surface area contributed by atoms with Gasteiger partial charge in [-0.05, 0) is 67.3 Å². The fourth-order valence-electron chi connectivity index (χ4n) is 2.44. The fraction of sp³-hybridized carbons (Fsp3) is 0.368. The molecule has 0 bridgehead atoms. The Kier molecular flexibility index (Phi) is 6.15. The van der Waals surface area contributed by atoms with Crippen LogP contribution >= 0.6 is 11.3 Å². The summed E-state index contributed by atoms with van der Waals surface area (Å²) in [6, 6.07) is 4.45. The van der Waals surface area contributed by atoms with Crippen molar-refractivity contribution in [3.05, 3.63) is 53.9 Å². The summed E-state index contributed by atoms with van der Waals surface area (Å²) in [4.78, 5) is 0. The summed E-state index contributed by atoms with van der Waals surface area (Å²) in [6.07, 6.45) is -2.59. The number of hydrogen-bond donors (Lipinski definition) is 1. The molecule has 1 aromatic carbocycles. The van der Waals surface area contributed by atoms with Gasteiger partial charge in [-0.25, -0.2) is 8.93 Å². The second-order valence-electron chi connectivity index (χ2n) is 6.95. The van der Waals surface area contributed by atoms with Crippen LogP contribution < -0.4 is 4.72 Å². The van der Waals surface area contributed by atoms with Gasteiger partial charge in [0.1, 0.15) is 0 Å². The standard InChI is InChI=1S/C19H22F3NOS2/c1-6-7-16(23-26(24)18(3,4)5)15-11-17-13(8-9-25-17)10-14(15)12(2)19(20,21)22/h6,8-11,16,23H,1-2,7H2,3-5H3/t16-,26?/m0/s1. The van der Waals surface area contributed by atoms with Crippen molar-refractivity contribution in [2.24, 2.45) is 0 Å². The van der Waals surface area contributed by atoms with Crippen LogP contribution in [-0.2, 0) is 11.0 Å². The normalized spacial score (nSPS) is 15.0. The van der Waals surface area contributed by atoms with Gasteiger partial charge >= 0.3 is 6.18 Å². The van der Waals surface area contributed by atoms with Crippen LogP contribution in [0.3, 0.4) is 0 Å². The molecular weight excluding hydrogens is 379 g/mol. The Bertz CT molecular complexity index is 847. The first-order valence-corrected chi connectivity index (χ1v) is 10.0. The molecule has 0 saturated heterocycles. The molecule has 0 spiro atoms. The highest BCUT2D eigenvalue weighted by atomic mass is 32.2. The SMILES string of the molecule is C=CC[C@H](NS(=O)C(C)(C)C)c1cc2sccc2cc1C(=C)C(F)(F)F. The smallest absolute Gasteiger partial charge is 0.242 e. The van der Waals surface area contributed by atoms with Crippen LogP contribution in [0.1, 0.15) is 44.4 Å².